The van der Waals surface area contributed by atoms with Crippen LogP contribution in [0.25, 0.3) is 0 Å². The normalized spacial score (nSPS) is 13.4. The van der Waals surface area contributed by atoms with Crippen molar-refractivity contribution < 1.29 is 24.2 Å². The Labute approximate surface area is 256 Å². The Morgan fingerprint density at radius 2 is 1.63 bits per heavy atom. The third-order valence-electron chi connectivity index (χ3n) is 7.62. The highest BCUT2D eigenvalue weighted by Crippen LogP contribution is 2.31. The van der Waals surface area contributed by atoms with Gasteiger partial charge in [0.1, 0.15) is 18.4 Å². The number of aliphatic carboxylic acids is 1. The monoisotopic (exact) mass is 596 g/mol. The number of nitrogens with zero attached hydrogens (tertiary/aromatic N) is 1. The molecule has 0 spiro atoms. The van der Waals surface area contributed by atoms with E-state index in [1.54, 1.807) is 77.7 Å². The summed E-state index contributed by atoms with van der Waals surface area (Å²) in [6.45, 7) is 0.666. The summed E-state index contributed by atoms with van der Waals surface area (Å²) in [5.41, 5.74) is 2.94. The molecule has 0 radical (unpaired) electrons. The first kappa shape index (κ1) is 29.9. The predicted molar refractivity (Wildman–Crippen MR) is 168 cm³/mol. The lowest BCUT2D eigenvalue weighted by Crippen LogP contribution is -2.41. The molecular formula is C35H33ClN2O5. The fourth-order valence-electron chi connectivity index (χ4n) is 5.04. The Bertz CT molecular complexity index is 1570. The number of ether oxygens (including phenoxy) is 1. The van der Waals surface area contributed by atoms with Crippen molar-refractivity contribution in [2.75, 3.05) is 23.4 Å². The molecule has 1 aliphatic carbocycles. The number of nitrogens with one attached hydrogen (secondary N) is 1. The van der Waals surface area contributed by atoms with Gasteiger partial charge in [-0.25, -0.2) is 4.79 Å². The highest BCUT2D eigenvalue weighted by atomic mass is 35.5. The Balaban J connectivity index is 1.21. The third kappa shape index (κ3) is 7.62. The van der Waals surface area contributed by atoms with Gasteiger partial charge >= 0.3 is 5.97 Å². The van der Waals surface area contributed by atoms with Gasteiger partial charge in [0.2, 0.25) is 5.91 Å². The molecule has 1 atom stereocenters. The third-order valence-corrected chi connectivity index (χ3v) is 7.86. The number of ketones is 1. The number of anilines is 2. The van der Waals surface area contributed by atoms with Crippen LogP contribution in [-0.2, 0) is 16.0 Å². The number of carbonyl (C=O) groups excluding carboxylic acids is 2. The van der Waals surface area contributed by atoms with E-state index in [9.17, 15) is 19.5 Å². The standard InChI is InChI=1S/C35H33ClN2O5/c36-27-12-7-13-28(23-27)38(34(40)26-10-6-11-26)20-21-43-29-18-16-24(17-19-29)22-32(35(41)42)37-31-15-5-4-14-30(31)33(39)25-8-2-1-3-9-25/h1-5,7-9,12-19,23,26,32,37H,6,10-11,20-22H2,(H,41,42)/t32-/m0/s1. The van der Waals surface area contributed by atoms with Crippen LogP contribution in [0.1, 0.15) is 40.7 Å². The van der Waals surface area contributed by atoms with Gasteiger partial charge < -0.3 is 20.1 Å². The van der Waals surface area contributed by atoms with Gasteiger partial charge in [-0.1, -0.05) is 78.7 Å². The van der Waals surface area contributed by atoms with E-state index in [-0.39, 0.29) is 30.6 Å². The number of benzene rings is 4. The first-order valence-electron chi connectivity index (χ1n) is 14.4. The first-order chi connectivity index (χ1) is 20.9. The van der Waals surface area contributed by atoms with Crippen LogP contribution in [0, 0.1) is 5.92 Å². The van der Waals surface area contributed by atoms with E-state index >= 15 is 0 Å². The molecule has 5 rings (SSSR count). The quantitative estimate of drug-likeness (QED) is 0.163. The lowest BCUT2D eigenvalue weighted by Gasteiger charge is -2.31. The fourth-order valence-corrected chi connectivity index (χ4v) is 5.22. The van der Waals surface area contributed by atoms with E-state index in [2.05, 4.69) is 5.32 Å². The second-order valence-electron chi connectivity index (χ2n) is 10.6. The predicted octanol–water partition coefficient (Wildman–Crippen LogP) is 6.89. The molecule has 2 N–H and O–H groups in total. The van der Waals surface area contributed by atoms with Gasteiger partial charge in [-0.2, -0.15) is 0 Å². The molecule has 1 saturated carbocycles. The van der Waals surface area contributed by atoms with E-state index in [1.807, 2.05) is 30.3 Å². The molecule has 0 saturated heterocycles. The van der Waals surface area contributed by atoms with Crippen molar-refractivity contribution in [1.82, 2.24) is 0 Å². The van der Waals surface area contributed by atoms with Gasteiger partial charge in [-0.05, 0) is 60.9 Å². The number of para-hydroxylation sites is 1. The number of hydrogen-bond acceptors (Lipinski definition) is 5. The van der Waals surface area contributed by atoms with E-state index in [4.69, 9.17) is 16.3 Å². The van der Waals surface area contributed by atoms with Gasteiger partial charge in [-0.15, -0.1) is 0 Å². The Morgan fingerprint density at radius 1 is 0.907 bits per heavy atom. The molecule has 43 heavy (non-hydrogen) atoms. The average molecular weight is 597 g/mol. The summed E-state index contributed by atoms with van der Waals surface area (Å²) < 4.78 is 5.96. The summed E-state index contributed by atoms with van der Waals surface area (Å²) in [4.78, 5) is 40.1. The number of halogens is 1. The topological polar surface area (TPSA) is 95.9 Å². The second kappa shape index (κ2) is 14.0. The molecule has 1 amide bonds. The SMILES string of the molecule is O=C(c1ccccc1)c1ccccc1N[C@@H](Cc1ccc(OCCN(C(=O)C2CCC2)c2cccc(Cl)c2)cc1)C(=O)O. The van der Waals surface area contributed by atoms with Gasteiger partial charge in [-0.3, -0.25) is 9.59 Å². The molecule has 0 aromatic heterocycles. The lowest BCUT2D eigenvalue weighted by atomic mass is 9.84. The number of carboxylic acid groups (broad SMARTS) is 1. The average Bonchev–Trinajstić information content (AvgIpc) is 2.99. The van der Waals surface area contributed by atoms with Crippen LogP contribution < -0.4 is 15.0 Å². The van der Waals surface area contributed by atoms with Crippen LogP contribution in [0.5, 0.6) is 5.75 Å². The van der Waals surface area contributed by atoms with Gasteiger partial charge in [0.15, 0.2) is 5.78 Å². The molecule has 4 aromatic rings. The van der Waals surface area contributed by atoms with Crippen molar-refractivity contribution in [1.29, 1.82) is 0 Å². The van der Waals surface area contributed by atoms with Crippen molar-refractivity contribution >= 4 is 40.6 Å². The number of amides is 1. The van der Waals surface area contributed by atoms with E-state index < -0.39 is 12.0 Å². The second-order valence-corrected chi connectivity index (χ2v) is 11.0. The minimum absolute atomic E-state index is 0.0393. The molecule has 0 aliphatic heterocycles. The molecule has 0 unspecified atom stereocenters. The van der Waals surface area contributed by atoms with Crippen LogP contribution in [-0.4, -0.2) is 42.0 Å². The minimum atomic E-state index is -1.03. The molecule has 4 aromatic carbocycles. The molecule has 220 valence electrons. The van der Waals surface area contributed by atoms with E-state index in [0.717, 1.165) is 30.5 Å². The zero-order valence-corrected chi connectivity index (χ0v) is 24.4. The Hall–Kier alpha value is -4.62. The van der Waals surface area contributed by atoms with Crippen molar-refractivity contribution in [3.63, 3.8) is 0 Å². The maximum atomic E-state index is 13.1. The zero-order chi connectivity index (χ0) is 30.2. The molecule has 7 nitrogen and oxygen atoms in total. The summed E-state index contributed by atoms with van der Waals surface area (Å²) in [6, 6.07) is 29.4. The van der Waals surface area contributed by atoms with Crippen LogP contribution in [0.15, 0.2) is 103 Å². The molecule has 1 aliphatic rings. The molecule has 1 fully saturated rings. The van der Waals surface area contributed by atoms with E-state index in [1.165, 1.54) is 0 Å². The van der Waals surface area contributed by atoms with Gasteiger partial charge in [0.05, 0.1) is 6.54 Å². The number of carbonyl (C=O) groups is 3. The highest BCUT2D eigenvalue weighted by molar-refractivity contribution is 6.30. The maximum absolute atomic E-state index is 13.1. The van der Waals surface area contributed by atoms with Crippen LogP contribution in [0.4, 0.5) is 11.4 Å². The smallest absolute Gasteiger partial charge is 0.326 e. The van der Waals surface area contributed by atoms with Crippen molar-refractivity contribution in [3.8, 4) is 5.75 Å². The number of hydrogen-bond donors (Lipinski definition) is 2. The number of rotatable bonds is 13. The van der Waals surface area contributed by atoms with Gasteiger partial charge in [0, 0.05) is 39.9 Å². The molecule has 8 heteroatoms. The highest BCUT2D eigenvalue weighted by Gasteiger charge is 2.30. The number of carboxylic acids is 1. The van der Waals surface area contributed by atoms with Crippen molar-refractivity contribution in [2.45, 2.75) is 31.7 Å². The lowest BCUT2D eigenvalue weighted by molar-refractivity contribution is -0.137. The molecule has 0 bridgehead atoms. The summed E-state index contributed by atoms with van der Waals surface area (Å²) in [7, 11) is 0. The zero-order valence-electron chi connectivity index (χ0n) is 23.6. The largest absolute Gasteiger partial charge is 0.492 e. The Kier molecular flexibility index (Phi) is 9.74. The van der Waals surface area contributed by atoms with E-state index in [0.29, 0.717) is 34.1 Å². The first-order valence-corrected chi connectivity index (χ1v) is 14.7. The summed E-state index contributed by atoms with van der Waals surface area (Å²) >= 11 is 6.19. The van der Waals surface area contributed by atoms with Crippen LogP contribution in [0.3, 0.4) is 0 Å². The minimum Gasteiger partial charge on any atom is -0.492 e. The van der Waals surface area contributed by atoms with Crippen LogP contribution >= 0.6 is 11.6 Å². The van der Waals surface area contributed by atoms with Crippen molar-refractivity contribution in [3.05, 3.63) is 125 Å². The van der Waals surface area contributed by atoms with Gasteiger partial charge in [0.25, 0.3) is 0 Å². The molecule has 0 heterocycles. The summed E-state index contributed by atoms with van der Waals surface area (Å²) in [5.74, 6) is -0.467. The van der Waals surface area contributed by atoms with Crippen LogP contribution in [0.2, 0.25) is 5.02 Å². The molecular weight excluding hydrogens is 564 g/mol. The fraction of sp³-hybridized carbons (Fsp3) is 0.229. The summed E-state index contributed by atoms with van der Waals surface area (Å²) in [5, 5.41) is 13.6. The Morgan fingerprint density at radius 3 is 2.30 bits per heavy atom. The summed E-state index contributed by atoms with van der Waals surface area (Å²) in [6.07, 6.45) is 3.07. The maximum Gasteiger partial charge on any atom is 0.326 e. The van der Waals surface area contributed by atoms with Crippen molar-refractivity contribution in [2.24, 2.45) is 5.92 Å².